The molecule has 14 heavy (non-hydrogen) atoms. The van der Waals surface area contributed by atoms with Crippen molar-refractivity contribution in [2.75, 3.05) is 0 Å². The molecule has 0 aliphatic rings. The monoisotopic (exact) mass is 208 g/mol. The molecule has 0 atom stereocenters. The number of aliphatic hydroxyl groups is 1. The number of rotatable bonds is 3. The zero-order chi connectivity index (χ0) is 9.80. The zero-order valence-corrected chi connectivity index (χ0v) is 8.07. The first kappa shape index (κ1) is 9.11. The van der Waals surface area contributed by atoms with Crippen molar-refractivity contribution in [2.45, 2.75) is 6.61 Å². The van der Waals surface area contributed by atoms with Gasteiger partial charge in [-0.3, -0.25) is 4.98 Å². The highest BCUT2D eigenvalue weighted by atomic mass is 32.1. The maximum absolute atomic E-state index is 8.79. The smallest absolute Gasteiger partial charge is 0.279 e. The van der Waals surface area contributed by atoms with E-state index in [1.165, 1.54) is 11.3 Å². The van der Waals surface area contributed by atoms with E-state index in [0.29, 0.717) is 16.6 Å². The zero-order valence-electron chi connectivity index (χ0n) is 7.25. The Bertz CT molecular complexity index is 402. The number of hydrogen-bond acceptors (Lipinski definition) is 5. The Kier molecular flexibility index (Phi) is 2.71. The normalized spacial score (nSPS) is 10.1. The van der Waals surface area contributed by atoms with Crippen molar-refractivity contribution in [3.63, 3.8) is 0 Å². The van der Waals surface area contributed by atoms with Crippen LogP contribution in [0, 0.1) is 0 Å². The molecule has 0 fully saturated rings. The molecule has 0 aliphatic heterocycles. The van der Waals surface area contributed by atoms with Crippen LogP contribution in [0.2, 0.25) is 0 Å². The minimum Gasteiger partial charge on any atom is -0.429 e. The maximum atomic E-state index is 8.79. The molecule has 0 saturated carbocycles. The predicted octanol–water partition coefficient (Wildman–Crippen LogP) is 1.82. The molecule has 72 valence electrons. The second kappa shape index (κ2) is 4.17. The van der Waals surface area contributed by atoms with Crippen molar-refractivity contribution in [3.8, 4) is 10.9 Å². The van der Waals surface area contributed by atoms with Crippen molar-refractivity contribution in [1.29, 1.82) is 0 Å². The van der Waals surface area contributed by atoms with Crippen LogP contribution in [0.1, 0.15) is 5.69 Å². The summed E-state index contributed by atoms with van der Waals surface area (Å²) in [5, 5.41) is 11.1. The van der Waals surface area contributed by atoms with Gasteiger partial charge in [-0.2, -0.15) is 0 Å². The van der Waals surface area contributed by atoms with Gasteiger partial charge in [0, 0.05) is 11.6 Å². The Labute approximate surface area is 84.8 Å². The van der Waals surface area contributed by atoms with Crippen LogP contribution in [0.5, 0.6) is 10.9 Å². The number of aliphatic hydroxyl groups excluding tert-OH is 1. The SMILES string of the molecule is OCc1csc(Oc2cccnc2)n1. The first-order valence-corrected chi connectivity index (χ1v) is 4.89. The van der Waals surface area contributed by atoms with Gasteiger partial charge in [0.1, 0.15) is 5.75 Å². The number of pyridine rings is 1. The molecular formula is C9H8N2O2S. The van der Waals surface area contributed by atoms with E-state index in [4.69, 9.17) is 9.84 Å². The molecule has 1 N–H and O–H groups in total. The average molecular weight is 208 g/mol. The van der Waals surface area contributed by atoms with E-state index >= 15 is 0 Å². The maximum Gasteiger partial charge on any atom is 0.279 e. The van der Waals surface area contributed by atoms with E-state index in [1.807, 2.05) is 0 Å². The quantitative estimate of drug-likeness (QED) is 0.836. The number of ether oxygens (including phenoxy) is 1. The van der Waals surface area contributed by atoms with Crippen LogP contribution in [0.4, 0.5) is 0 Å². The third-order valence-corrected chi connectivity index (χ3v) is 2.30. The van der Waals surface area contributed by atoms with Crippen molar-refractivity contribution in [2.24, 2.45) is 0 Å². The highest BCUT2D eigenvalue weighted by Gasteiger charge is 2.02. The van der Waals surface area contributed by atoms with Crippen LogP contribution in [-0.4, -0.2) is 15.1 Å². The lowest BCUT2D eigenvalue weighted by Gasteiger charge is -1.98. The largest absolute Gasteiger partial charge is 0.429 e. The first-order valence-electron chi connectivity index (χ1n) is 4.01. The molecule has 4 nitrogen and oxygen atoms in total. The molecule has 0 saturated heterocycles. The number of thiazole rings is 1. The summed E-state index contributed by atoms with van der Waals surface area (Å²) in [5.74, 6) is 0.645. The molecule has 2 aromatic heterocycles. The summed E-state index contributed by atoms with van der Waals surface area (Å²) in [5.41, 5.74) is 0.619. The lowest BCUT2D eigenvalue weighted by atomic mass is 10.5. The standard InChI is InChI=1S/C9H8N2O2S/c12-5-7-6-14-9(11-7)13-8-2-1-3-10-4-8/h1-4,6,12H,5H2. The van der Waals surface area contributed by atoms with Gasteiger partial charge < -0.3 is 9.84 Å². The van der Waals surface area contributed by atoms with Crippen molar-refractivity contribution in [3.05, 3.63) is 35.6 Å². The Morgan fingerprint density at radius 2 is 2.43 bits per heavy atom. The van der Waals surface area contributed by atoms with Crippen LogP contribution in [0.15, 0.2) is 29.9 Å². The summed E-state index contributed by atoms with van der Waals surface area (Å²) < 4.78 is 5.39. The molecule has 0 bridgehead atoms. The molecule has 2 rings (SSSR count). The van der Waals surface area contributed by atoms with Gasteiger partial charge >= 0.3 is 0 Å². The summed E-state index contributed by atoms with van der Waals surface area (Å²) in [4.78, 5) is 7.95. The molecule has 0 spiro atoms. The number of nitrogens with zero attached hydrogens (tertiary/aromatic N) is 2. The minimum absolute atomic E-state index is 0.0626. The summed E-state index contributed by atoms with van der Waals surface area (Å²) in [6.07, 6.45) is 3.29. The third-order valence-electron chi connectivity index (χ3n) is 1.53. The van der Waals surface area contributed by atoms with E-state index in [2.05, 4.69) is 9.97 Å². The van der Waals surface area contributed by atoms with Crippen LogP contribution in [-0.2, 0) is 6.61 Å². The Hall–Kier alpha value is -1.46. The summed E-state index contributed by atoms with van der Waals surface area (Å²) in [6, 6.07) is 3.59. The van der Waals surface area contributed by atoms with Crippen LogP contribution in [0.25, 0.3) is 0 Å². The summed E-state index contributed by atoms with van der Waals surface area (Å²) in [7, 11) is 0. The fourth-order valence-corrected chi connectivity index (χ4v) is 1.59. The fourth-order valence-electron chi connectivity index (χ4n) is 0.916. The Morgan fingerprint density at radius 3 is 3.07 bits per heavy atom. The topological polar surface area (TPSA) is 55.2 Å². The van der Waals surface area contributed by atoms with Gasteiger partial charge in [0.05, 0.1) is 18.5 Å². The van der Waals surface area contributed by atoms with Gasteiger partial charge in [-0.25, -0.2) is 4.98 Å². The second-order valence-electron chi connectivity index (χ2n) is 2.55. The van der Waals surface area contributed by atoms with E-state index in [1.54, 1.807) is 29.9 Å². The molecule has 0 aromatic carbocycles. The lowest BCUT2D eigenvalue weighted by molar-refractivity contribution is 0.276. The van der Waals surface area contributed by atoms with Crippen molar-refractivity contribution >= 4 is 11.3 Å². The number of hydrogen-bond donors (Lipinski definition) is 1. The van der Waals surface area contributed by atoms with E-state index in [-0.39, 0.29) is 6.61 Å². The Morgan fingerprint density at radius 1 is 1.50 bits per heavy atom. The van der Waals surface area contributed by atoms with Crippen molar-refractivity contribution in [1.82, 2.24) is 9.97 Å². The van der Waals surface area contributed by atoms with E-state index in [9.17, 15) is 0 Å². The molecule has 2 heterocycles. The predicted molar refractivity (Wildman–Crippen MR) is 52.3 cm³/mol. The van der Waals surface area contributed by atoms with E-state index in [0.717, 1.165) is 0 Å². The fraction of sp³-hybridized carbons (Fsp3) is 0.111. The first-order chi connectivity index (χ1) is 6.88. The summed E-state index contributed by atoms with van der Waals surface area (Å²) >= 11 is 1.35. The summed E-state index contributed by atoms with van der Waals surface area (Å²) in [6.45, 7) is -0.0626. The van der Waals surface area contributed by atoms with Gasteiger partial charge in [-0.1, -0.05) is 11.3 Å². The highest BCUT2D eigenvalue weighted by molar-refractivity contribution is 7.11. The lowest BCUT2D eigenvalue weighted by Crippen LogP contribution is -1.85. The average Bonchev–Trinajstić information content (AvgIpc) is 2.67. The minimum atomic E-state index is -0.0626. The molecule has 2 aromatic rings. The van der Waals surface area contributed by atoms with Gasteiger partial charge in [-0.15, -0.1) is 0 Å². The van der Waals surface area contributed by atoms with Crippen LogP contribution < -0.4 is 4.74 Å². The third kappa shape index (κ3) is 2.07. The second-order valence-corrected chi connectivity index (χ2v) is 3.37. The van der Waals surface area contributed by atoms with Gasteiger partial charge in [0.25, 0.3) is 5.19 Å². The Balaban J connectivity index is 2.11. The highest BCUT2D eigenvalue weighted by Crippen LogP contribution is 2.24. The molecular weight excluding hydrogens is 200 g/mol. The van der Waals surface area contributed by atoms with Gasteiger partial charge in [0.15, 0.2) is 0 Å². The van der Waals surface area contributed by atoms with Crippen LogP contribution in [0.3, 0.4) is 0 Å². The van der Waals surface area contributed by atoms with Gasteiger partial charge in [0.2, 0.25) is 0 Å². The molecule has 5 heteroatoms. The number of aromatic nitrogens is 2. The van der Waals surface area contributed by atoms with Crippen LogP contribution >= 0.6 is 11.3 Å². The molecule has 0 unspecified atom stereocenters. The molecule has 0 radical (unpaired) electrons. The van der Waals surface area contributed by atoms with E-state index < -0.39 is 0 Å². The van der Waals surface area contributed by atoms with Gasteiger partial charge in [-0.05, 0) is 12.1 Å². The molecule has 0 aliphatic carbocycles. The molecule has 0 amide bonds. The van der Waals surface area contributed by atoms with Crippen molar-refractivity contribution < 1.29 is 9.84 Å².